The van der Waals surface area contributed by atoms with Gasteiger partial charge in [0.05, 0.1) is 6.54 Å². The van der Waals surface area contributed by atoms with Gasteiger partial charge < -0.3 is 0 Å². The number of carbonyl (C=O) groups excluding carboxylic acids is 1. The Morgan fingerprint density at radius 2 is 1.93 bits per heavy atom. The lowest BCUT2D eigenvalue weighted by molar-refractivity contribution is -0.141. The predicted octanol–water partition coefficient (Wildman–Crippen LogP) is 2.26. The Kier molecular flexibility index (Phi) is 5.57. The number of likely N-dealkylation sites (N-methyl/N-ethyl adjacent to an activating group) is 1. The van der Waals surface area contributed by atoms with Crippen LogP contribution in [0.4, 0.5) is 13.2 Å². The van der Waals surface area contributed by atoms with E-state index in [-0.39, 0.29) is 18.2 Å². The Morgan fingerprint density at radius 3 is 2.33 bits per heavy atom. The highest BCUT2D eigenvalue weighted by Gasteiger charge is 2.28. The zero-order chi connectivity index (χ0) is 12.1. The summed E-state index contributed by atoms with van der Waals surface area (Å²) in [7, 11) is 1.36. The second-order valence-corrected chi connectivity index (χ2v) is 3.77. The first-order chi connectivity index (χ1) is 6.72. The lowest BCUT2D eigenvalue weighted by atomic mass is 10.1. The van der Waals surface area contributed by atoms with E-state index >= 15 is 0 Å². The molecule has 0 spiro atoms. The molecule has 15 heavy (non-hydrogen) atoms. The first kappa shape index (κ1) is 14.2. The van der Waals surface area contributed by atoms with Gasteiger partial charge in [0.2, 0.25) is 0 Å². The monoisotopic (exact) mass is 223 g/mol. The van der Waals surface area contributed by atoms with Crippen molar-refractivity contribution in [3.63, 3.8) is 0 Å². The maximum atomic E-state index is 11.9. The summed E-state index contributed by atoms with van der Waals surface area (Å²) < 4.78 is 35.7. The van der Waals surface area contributed by atoms with Crippen LogP contribution in [0.25, 0.3) is 0 Å². The van der Waals surface area contributed by atoms with Crippen molar-refractivity contribution < 1.29 is 18.0 Å². The van der Waals surface area contributed by atoms with Crippen molar-refractivity contribution in [1.82, 2.24) is 4.90 Å². The van der Waals surface area contributed by atoms with E-state index in [1.54, 1.807) is 13.8 Å². The van der Waals surface area contributed by atoms with E-state index in [1.807, 2.05) is 0 Å². The number of halogens is 3. The molecule has 0 aliphatic carbocycles. The number of allylic oxidation sites excluding steroid dienone is 1. The van der Waals surface area contributed by atoms with Crippen LogP contribution in [0.3, 0.4) is 0 Å². The van der Waals surface area contributed by atoms with Gasteiger partial charge in [0.15, 0.2) is 5.78 Å². The molecule has 0 radical (unpaired) electrons. The zero-order valence-corrected chi connectivity index (χ0v) is 9.14. The third-order valence-corrected chi connectivity index (χ3v) is 1.72. The Labute approximate surface area is 87.8 Å². The first-order valence-corrected chi connectivity index (χ1v) is 4.68. The van der Waals surface area contributed by atoms with Gasteiger partial charge in [-0.15, -0.1) is 0 Å². The van der Waals surface area contributed by atoms with Gasteiger partial charge in [0, 0.05) is 12.5 Å². The average Bonchev–Trinajstić information content (AvgIpc) is 2.00. The van der Waals surface area contributed by atoms with Crippen molar-refractivity contribution in [2.24, 2.45) is 5.92 Å². The fourth-order valence-corrected chi connectivity index (χ4v) is 0.912. The minimum atomic E-state index is -4.19. The molecule has 0 saturated heterocycles. The van der Waals surface area contributed by atoms with E-state index in [0.29, 0.717) is 0 Å². The molecule has 0 N–H and O–H groups in total. The van der Waals surface area contributed by atoms with Gasteiger partial charge in [-0.2, -0.15) is 13.2 Å². The van der Waals surface area contributed by atoms with Crippen molar-refractivity contribution in [3.8, 4) is 0 Å². The fourth-order valence-electron chi connectivity index (χ4n) is 0.912. The minimum absolute atomic E-state index is 0.0737. The Bertz CT molecular complexity index is 233. The second kappa shape index (κ2) is 5.90. The van der Waals surface area contributed by atoms with Crippen LogP contribution in [0.15, 0.2) is 12.2 Å². The summed E-state index contributed by atoms with van der Waals surface area (Å²) in [5.74, 6) is -0.190. The van der Waals surface area contributed by atoms with Crippen LogP contribution in [-0.2, 0) is 4.79 Å². The minimum Gasteiger partial charge on any atom is -0.295 e. The number of carbonyl (C=O) groups is 1. The molecule has 0 saturated carbocycles. The number of hydrogen-bond acceptors (Lipinski definition) is 2. The van der Waals surface area contributed by atoms with Gasteiger partial charge in [-0.25, -0.2) is 0 Å². The molecular weight excluding hydrogens is 207 g/mol. The highest BCUT2D eigenvalue weighted by molar-refractivity contribution is 5.91. The smallest absolute Gasteiger partial charge is 0.295 e. The Morgan fingerprint density at radius 1 is 1.40 bits per heavy atom. The van der Waals surface area contributed by atoms with Crippen molar-refractivity contribution in [2.45, 2.75) is 20.0 Å². The largest absolute Gasteiger partial charge is 0.401 e. The van der Waals surface area contributed by atoms with Crippen LogP contribution in [-0.4, -0.2) is 37.0 Å². The average molecular weight is 223 g/mol. The molecule has 0 aliphatic rings. The quantitative estimate of drug-likeness (QED) is 0.666. The summed E-state index contributed by atoms with van der Waals surface area (Å²) in [5, 5.41) is 0. The summed E-state index contributed by atoms with van der Waals surface area (Å²) in [6.45, 7) is 2.64. The van der Waals surface area contributed by atoms with E-state index in [0.717, 1.165) is 4.90 Å². The molecule has 0 bridgehead atoms. The van der Waals surface area contributed by atoms with Crippen molar-refractivity contribution in [2.75, 3.05) is 20.1 Å². The van der Waals surface area contributed by atoms with E-state index in [9.17, 15) is 18.0 Å². The number of nitrogens with zero attached hydrogens (tertiary/aromatic N) is 1. The molecule has 88 valence electrons. The van der Waals surface area contributed by atoms with Gasteiger partial charge in [0.1, 0.15) is 0 Å². The molecule has 2 nitrogen and oxygen atoms in total. The maximum Gasteiger partial charge on any atom is 0.401 e. The topological polar surface area (TPSA) is 20.3 Å². The summed E-state index contributed by atoms with van der Waals surface area (Å²) in [4.78, 5) is 12.2. The van der Waals surface area contributed by atoms with Crippen molar-refractivity contribution in [3.05, 3.63) is 12.2 Å². The second-order valence-electron chi connectivity index (χ2n) is 3.77. The van der Waals surface area contributed by atoms with Crippen LogP contribution in [0.5, 0.6) is 0 Å². The van der Waals surface area contributed by atoms with Crippen LogP contribution >= 0.6 is 0 Å². The summed E-state index contributed by atoms with van der Waals surface area (Å²) in [6.07, 6.45) is -1.41. The molecule has 5 heteroatoms. The lowest BCUT2D eigenvalue weighted by Crippen LogP contribution is -2.31. The number of rotatable bonds is 5. The highest BCUT2D eigenvalue weighted by Crippen LogP contribution is 2.15. The van der Waals surface area contributed by atoms with Gasteiger partial charge in [-0.1, -0.05) is 19.9 Å². The lowest BCUT2D eigenvalue weighted by Gasteiger charge is -2.16. The molecule has 0 heterocycles. The molecule has 0 aromatic rings. The fraction of sp³-hybridized carbons (Fsp3) is 0.700. The van der Waals surface area contributed by atoms with Gasteiger partial charge in [0.25, 0.3) is 0 Å². The van der Waals surface area contributed by atoms with E-state index in [4.69, 9.17) is 0 Å². The summed E-state index contributed by atoms with van der Waals surface area (Å²) in [5.41, 5.74) is 0. The van der Waals surface area contributed by atoms with Gasteiger partial charge >= 0.3 is 6.18 Å². The molecular formula is C10H16F3NO. The first-order valence-electron chi connectivity index (χ1n) is 4.68. The molecule has 0 unspecified atom stereocenters. The molecule has 0 amide bonds. The van der Waals surface area contributed by atoms with Crippen LogP contribution in [0.1, 0.15) is 13.8 Å². The molecule has 0 rings (SSSR count). The highest BCUT2D eigenvalue weighted by atomic mass is 19.4. The zero-order valence-electron chi connectivity index (χ0n) is 9.14. The number of hydrogen-bond donors (Lipinski definition) is 0. The van der Waals surface area contributed by atoms with Crippen LogP contribution in [0, 0.1) is 5.92 Å². The molecule has 0 fully saturated rings. The number of ketones is 1. The van der Waals surface area contributed by atoms with Crippen molar-refractivity contribution >= 4 is 5.78 Å². The molecule has 0 aromatic carbocycles. The maximum absolute atomic E-state index is 11.9. The predicted molar refractivity (Wildman–Crippen MR) is 52.5 cm³/mol. The summed E-state index contributed by atoms with van der Waals surface area (Å²) in [6, 6.07) is 0. The van der Waals surface area contributed by atoms with E-state index in [1.165, 1.54) is 19.2 Å². The molecule has 0 atom stereocenters. The Hall–Kier alpha value is -0.840. The van der Waals surface area contributed by atoms with E-state index < -0.39 is 12.7 Å². The van der Waals surface area contributed by atoms with Crippen LogP contribution in [0.2, 0.25) is 0 Å². The molecule has 0 aromatic heterocycles. The van der Waals surface area contributed by atoms with Gasteiger partial charge in [-0.05, 0) is 13.1 Å². The number of alkyl halides is 3. The SMILES string of the molecule is CC(C)C(=O)/C=C/CN(C)CC(F)(F)F. The van der Waals surface area contributed by atoms with Crippen molar-refractivity contribution in [1.29, 1.82) is 0 Å². The molecule has 0 aliphatic heterocycles. The standard InChI is InChI=1S/C10H16F3NO/c1-8(2)9(15)5-4-6-14(3)7-10(11,12)13/h4-5,8H,6-7H2,1-3H3/b5-4+. The van der Waals surface area contributed by atoms with Crippen LogP contribution < -0.4 is 0 Å². The third-order valence-electron chi connectivity index (χ3n) is 1.72. The summed E-state index contributed by atoms with van der Waals surface area (Å²) >= 11 is 0. The third kappa shape index (κ3) is 8.17. The van der Waals surface area contributed by atoms with Gasteiger partial charge in [-0.3, -0.25) is 9.69 Å². The normalized spacial score (nSPS) is 13.1. The van der Waals surface area contributed by atoms with E-state index in [2.05, 4.69) is 0 Å². The Balaban J connectivity index is 3.91.